The minimum atomic E-state index is -3.23. The van der Waals surface area contributed by atoms with Crippen molar-refractivity contribution in [2.75, 3.05) is 19.4 Å². The summed E-state index contributed by atoms with van der Waals surface area (Å²) in [6.45, 7) is 4.71. The molecule has 1 fully saturated rings. The standard InChI is InChI=1S/C12H23NO4S/c1-10(2)11-6-4-8-13(11)18(15,16)9-5-7-12(14)17-3/h10-11H,4-9H2,1-3H3. The lowest BCUT2D eigenvalue weighted by atomic mass is 10.0. The monoisotopic (exact) mass is 277 g/mol. The Labute approximate surface area is 110 Å². The zero-order valence-electron chi connectivity index (χ0n) is 11.4. The average molecular weight is 277 g/mol. The van der Waals surface area contributed by atoms with Crippen molar-refractivity contribution in [3.05, 3.63) is 0 Å². The van der Waals surface area contributed by atoms with E-state index in [4.69, 9.17) is 0 Å². The van der Waals surface area contributed by atoms with Gasteiger partial charge in [0, 0.05) is 19.0 Å². The molecule has 0 N–H and O–H groups in total. The van der Waals surface area contributed by atoms with Crippen molar-refractivity contribution in [3.63, 3.8) is 0 Å². The van der Waals surface area contributed by atoms with E-state index in [0.29, 0.717) is 18.9 Å². The Balaban J connectivity index is 2.55. The second kappa shape index (κ2) is 6.52. The van der Waals surface area contributed by atoms with Crippen LogP contribution in [-0.4, -0.2) is 44.1 Å². The Kier molecular flexibility index (Phi) is 5.59. The molecule has 1 saturated heterocycles. The van der Waals surface area contributed by atoms with Gasteiger partial charge in [-0.2, -0.15) is 4.31 Å². The van der Waals surface area contributed by atoms with Crippen molar-refractivity contribution in [2.45, 2.75) is 45.6 Å². The highest BCUT2D eigenvalue weighted by Crippen LogP contribution is 2.27. The molecule has 0 aromatic carbocycles. The largest absolute Gasteiger partial charge is 0.469 e. The van der Waals surface area contributed by atoms with Crippen LogP contribution in [0.1, 0.15) is 39.5 Å². The Morgan fingerprint density at radius 1 is 1.44 bits per heavy atom. The van der Waals surface area contributed by atoms with Crippen LogP contribution in [0, 0.1) is 5.92 Å². The van der Waals surface area contributed by atoms with Gasteiger partial charge in [0.25, 0.3) is 0 Å². The van der Waals surface area contributed by atoms with Gasteiger partial charge >= 0.3 is 5.97 Å². The van der Waals surface area contributed by atoms with Crippen molar-refractivity contribution < 1.29 is 17.9 Å². The smallest absolute Gasteiger partial charge is 0.305 e. The molecule has 0 radical (unpaired) electrons. The van der Waals surface area contributed by atoms with E-state index >= 15 is 0 Å². The molecule has 0 aromatic heterocycles. The molecule has 1 unspecified atom stereocenters. The average Bonchev–Trinajstić information content (AvgIpc) is 2.78. The topological polar surface area (TPSA) is 63.7 Å². The second-order valence-electron chi connectivity index (χ2n) is 5.06. The maximum Gasteiger partial charge on any atom is 0.305 e. The van der Waals surface area contributed by atoms with E-state index in [9.17, 15) is 13.2 Å². The number of hydrogen-bond acceptors (Lipinski definition) is 4. The number of rotatable bonds is 6. The molecule has 0 amide bonds. The maximum absolute atomic E-state index is 12.2. The lowest BCUT2D eigenvalue weighted by Crippen LogP contribution is -2.39. The van der Waals surface area contributed by atoms with Crippen LogP contribution in [0.2, 0.25) is 0 Å². The highest BCUT2D eigenvalue weighted by Gasteiger charge is 2.35. The molecule has 0 saturated carbocycles. The summed E-state index contributed by atoms with van der Waals surface area (Å²) in [6, 6.07) is 0.119. The minimum Gasteiger partial charge on any atom is -0.469 e. The van der Waals surface area contributed by atoms with E-state index in [1.807, 2.05) is 13.8 Å². The predicted octanol–water partition coefficient (Wildman–Crippen LogP) is 1.39. The van der Waals surface area contributed by atoms with E-state index in [-0.39, 0.29) is 24.2 Å². The normalized spacial score (nSPS) is 21.4. The number of esters is 1. The third kappa shape index (κ3) is 3.95. The fraction of sp³-hybridized carbons (Fsp3) is 0.917. The number of methoxy groups -OCH3 is 1. The van der Waals surface area contributed by atoms with Crippen LogP contribution in [0.4, 0.5) is 0 Å². The van der Waals surface area contributed by atoms with E-state index < -0.39 is 10.0 Å². The van der Waals surface area contributed by atoms with Crippen LogP contribution in [0.15, 0.2) is 0 Å². The SMILES string of the molecule is COC(=O)CCCS(=O)(=O)N1CCCC1C(C)C. The summed E-state index contributed by atoms with van der Waals surface area (Å²) in [5.41, 5.74) is 0. The third-order valence-corrected chi connectivity index (χ3v) is 5.36. The molecule has 5 nitrogen and oxygen atoms in total. The number of nitrogens with zero attached hydrogens (tertiary/aromatic N) is 1. The van der Waals surface area contributed by atoms with Crippen LogP contribution >= 0.6 is 0 Å². The fourth-order valence-corrected chi connectivity index (χ4v) is 4.31. The van der Waals surface area contributed by atoms with Gasteiger partial charge in [0.2, 0.25) is 10.0 Å². The predicted molar refractivity (Wildman–Crippen MR) is 69.6 cm³/mol. The summed E-state index contributed by atoms with van der Waals surface area (Å²) < 4.78 is 30.5. The lowest BCUT2D eigenvalue weighted by Gasteiger charge is -2.26. The van der Waals surface area contributed by atoms with Crippen molar-refractivity contribution in [1.82, 2.24) is 4.31 Å². The maximum atomic E-state index is 12.2. The quantitative estimate of drug-likeness (QED) is 0.688. The van der Waals surface area contributed by atoms with Gasteiger partial charge in [-0.15, -0.1) is 0 Å². The summed E-state index contributed by atoms with van der Waals surface area (Å²) >= 11 is 0. The van der Waals surface area contributed by atoms with E-state index in [0.717, 1.165) is 12.8 Å². The number of carbonyl (C=O) groups is 1. The highest BCUT2D eigenvalue weighted by atomic mass is 32.2. The molecule has 0 aromatic rings. The zero-order chi connectivity index (χ0) is 13.8. The van der Waals surface area contributed by atoms with Gasteiger partial charge in [-0.25, -0.2) is 8.42 Å². The highest BCUT2D eigenvalue weighted by molar-refractivity contribution is 7.89. The molecule has 0 bridgehead atoms. The summed E-state index contributed by atoms with van der Waals surface area (Å²) in [5.74, 6) is 0.0145. The number of hydrogen-bond donors (Lipinski definition) is 0. The van der Waals surface area contributed by atoms with Gasteiger partial charge in [0.05, 0.1) is 12.9 Å². The van der Waals surface area contributed by atoms with Crippen molar-refractivity contribution >= 4 is 16.0 Å². The number of sulfonamides is 1. The Bertz CT molecular complexity index is 378. The minimum absolute atomic E-state index is 0.0331. The number of carbonyl (C=O) groups excluding carboxylic acids is 1. The van der Waals surface area contributed by atoms with Gasteiger partial charge < -0.3 is 4.74 Å². The number of ether oxygens (including phenoxy) is 1. The molecule has 18 heavy (non-hydrogen) atoms. The van der Waals surface area contributed by atoms with E-state index in [1.54, 1.807) is 4.31 Å². The molecule has 1 heterocycles. The van der Waals surface area contributed by atoms with Crippen LogP contribution in [0.3, 0.4) is 0 Å². The van der Waals surface area contributed by atoms with Gasteiger partial charge in [-0.1, -0.05) is 13.8 Å². The first-order valence-corrected chi connectivity index (χ1v) is 8.05. The molecular weight excluding hydrogens is 254 g/mol. The van der Waals surface area contributed by atoms with Crippen LogP contribution in [0.5, 0.6) is 0 Å². The molecule has 0 spiro atoms. The first kappa shape index (κ1) is 15.4. The summed E-state index contributed by atoms with van der Waals surface area (Å²) in [4.78, 5) is 11.0. The molecule has 106 valence electrons. The first-order chi connectivity index (χ1) is 8.38. The van der Waals surface area contributed by atoms with Crippen LogP contribution < -0.4 is 0 Å². The Hall–Kier alpha value is -0.620. The summed E-state index contributed by atoms with van der Waals surface area (Å²) in [5, 5.41) is 0. The van der Waals surface area contributed by atoms with Crippen molar-refractivity contribution in [2.24, 2.45) is 5.92 Å². The van der Waals surface area contributed by atoms with E-state index in [1.165, 1.54) is 7.11 Å². The van der Waals surface area contributed by atoms with Gasteiger partial charge in [0.1, 0.15) is 0 Å². The first-order valence-electron chi connectivity index (χ1n) is 6.45. The zero-order valence-corrected chi connectivity index (χ0v) is 12.2. The van der Waals surface area contributed by atoms with E-state index in [2.05, 4.69) is 4.74 Å². The molecule has 1 rings (SSSR count). The van der Waals surface area contributed by atoms with Crippen molar-refractivity contribution in [3.8, 4) is 0 Å². The molecule has 1 aliphatic heterocycles. The third-order valence-electron chi connectivity index (χ3n) is 3.39. The molecular formula is C12H23NO4S. The van der Waals surface area contributed by atoms with Crippen LogP contribution in [-0.2, 0) is 19.6 Å². The van der Waals surface area contributed by atoms with Gasteiger partial charge in [-0.05, 0) is 25.2 Å². The Morgan fingerprint density at radius 3 is 2.67 bits per heavy atom. The molecule has 0 aliphatic carbocycles. The molecule has 6 heteroatoms. The second-order valence-corrected chi connectivity index (χ2v) is 7.10. The Morgan fingerprint density at radius 2 is 2.11 bits per heavy atom. The van der Waals surface area contributed by atoms with Crippen molar-refractivity contribution in [1.29, 1.82) is 0 Å². The van der Waals surface area contributed by atoms with Gasteiger partial charge in [0.15, 0.2) is 0 Å². The lowest BCUT2D eigenvalue weighted by molar-refractivity contribution is -0.140. The fourth-order valence-electron chi connectivity index (χ4n) is 2.40. The summed E-state index contributed by atoms with van der Waals surface area (Å²) in [6.07, 6.45) is 2.36. The van der Waals surface area contributed by atoms with Gasteiger partial charge in [-0.3, -0.25) is 4.79 Å². The van der Waals surface area contributed by atoms with Crippen LogP contribution in [0.25, 0.3) is 0 Å². The molecule has 1 aliphatic rings. The summed E-state index contributed by atoms with van der Waals surface area (Å²) in [7, 11) is -1.92. The molecule has 1 atom stereocenters.